The highest BCUT2D eigenvalue weighted by Gasteiger charge is 2.30. The maximum Gasteiger partial charge on any atom is 0.269 e. The summed E-state index contributed by atoms with van der Waals surface area (Å²) in [5.41, 5.74) is 1.24. The molecule has 2 aliphatic heterocycles. The van der Waals surface area contributed by atoms with Crippen molar-refractivity contribution in [3.63, 3.8) is 0 Å². The minimum Gasteiger partial charge on any atom is -0.485 e. The normalized spacial score (nSPS) is 18.7. The number of amides is 1. The van der Waals surface area contributed by atoms with Gasteiger partial charge >= 0.3 is 0 Å². The molecule has 34 heavy (non-hydrogen) atoms. The van der Waals surface area contributed by atoms with E-state index in [1.54, 1.807) is 44.2 Å². The van der Waals surface area contributed by atoms with Gasteiger partial charge in [-0.2, -0.15) is 4.31 Å². The fraction of sp³-hybridized carbons (Fsp3) is 0.458. The van der Waals surface area contributed by atoms with Crippen molar-refractivity contribution in [3.8, 4) is 11.5 Å². The molecule has 0 aromatic heterocycles. The first-order chi connectivity index (χ1) is 16.3. The molecule has 1 atom stereocenters. The maximum absolute atomic E-state index is 13.2. The second kappa shape index (κ2) is 10.2. The highest BCUT2D eigenvalue weighted by molar-refractivity contribution is 7.89. The molecule has 0 unspecified atom stereocenters. The zero-order chi connectivity index (χ0) is 24.3. The average Bonchev–Trinajstić information content (AvgIpc) is 2.85. The predicted octanol–water partition coefficient (Wildman–Crippen LogP) is 2.25. The Morgan fingerprint density at radius 1 is 1.06 bits per heavy atom. The topological polar surface area (TPSA) is 91.4 Å². The zero-order valence-electron chi connectivity index (χ0n) is 19.9. The Morgan fingerprint density at radius 3 is 2.41 bits per heavy atom. The summed E-state index contributed by atoms with van der Waals surface area (Å²) in [6, 6.07) is 12.1. The molecule has 1 saturated heterocycles. The molecule has 1 amide bonds. The number of hydrogen-bond acceptors (Lipinski definition) is 7. The van der Waals surface area contributed by atoms with Crippen molar-refractivity contribution < 1.29 is 22.7 Å². The lowest BCUT2D eigenvalue weighted by Crippen LogP contribution is -2.45. The Kier molecular flexibility index (Phi) is 7.30. The van der Waals surface area contributed by atoms with E-state index in [0.717, 1.165) is 31.9 Å². The molecule has 2 aliphatic rings. The van der Waals surface area contributed by atoms with E-state index in [0.29, 0.717) is 30.3 Å². The fourth-order valence-corrected chi connectivity index (χ4v) is 5.66. The molecule has 9 nitrogen and oxygen atoms in total. The van der Waals surface area contributed by atoms with Crippen molar-refractivity contribution in [1.29, 1.82) is 0 Å². The monoisotopic (exact) mass is 488 g/mol. The summed E-state index contributed by atoms with van der Waals surface area (Å²) < 4.78 is 39.2. The number of sulfonamides is 1. The number of nitrogens with one attached hydrogen (secondary N) is 1. The zero-order valence-corrected chi connectivity index (χ0v) is 20.7. The second-order valence-corrected chi connectivity index (χ2v) is 10.4. The van der Waals surface area contributed by atoms with Gasteiger partial charge in [0.15, 0.2) is 11.5 Å². The van der Waals surface area contributed by atoms with Crippen LogP contribution in [0.1, 0.15) is 13.8 Å². The molecule has 1 fully saturated rings. The van der Waals surface area contributed by atoms with Crippen LogP contribution in [-0.2, 0) is 14.8 Å². The summed E-state index contributed by atoms with van der Waals surface area (Å²) in [5.74, 6) is 0.713. The first kappa shape index (κ1) is 24.3. The molecule has 0 radical (unpaired) electrons. The van der Waals surface area contributed by atoms with Crippen LogP contribution >= 0.6 is 0 Å². The number of fused-ring (bicyclic) bond motifs is 1. The number of likely N-dealkylation sites (N-methyl/N-ethyl adjacent to an activating group) is 1. The largest absolute Gasteiger partial charge is 0.485 e. The SMILES string of the molecule is CCN(CC)S(=O)(=O)c1ccc(N2CCN(C)CC2)c(NC(=O)[C@@H]2COc3ccccc3O2)c1. The van der Waals surface area contributed by atoms with Crippen molar-refractivity contribution in [3.05, 3.63) is 42.5 Å². The molecule has 0 spiro atoms. The van der Waals surface area contributed by atoms with Crippen LogP contribution in [0.25, 0.3) is 0 Å². The summed E-state index contributed by atoms with van der Waals surface area (Å²) in [4.78, 5) is 17.7. The smallest absolute Gasteiger partial charge is 0.269 e. The second-order valence-electron chi connectivity index (χ2n) is 8.41. The Balaban J connectivity index is 1.63. The van der Waals surface area contributed by atoms with Gasteiger partial charge in [-0.3, -0.25) is 4.79 Å². The quantitative estimate of drug-likeness (QED) is 0.639. The van der Waals surface area contributed by atoms with E-state index in [1.165, 1.54) is 4.31 Å². The van der Waals surface area contributed by atoms with Crippen LogP contribution in [0.3, 0.4) is 0 Å². The summed E-state index contributed by atoms with van der Waals surface area (Å²) in [5, 5.41) is 2.92. The van der Waals surface area contributed by atoms with E-state index in [2.05, 4.69) is 22.2 Å². The molecular formula is C24H32N4O5S. The van der Waals surface area contributed by atoms with Gasteiger partial charge < -0.3 is 24.6 Å². The molecule has 0 saturated carbocycles. The first-order valence-corrected chi connectivity index (χ1v) is 13.0. The van der Waals surface area contributed by atoms with Crippen LogP contribution in [0.15, 0.2) is 47.4 Å². The van der Waals surface area contributed by atoms with E-state index in [1.807, 2.05) is 12.1 Å². The molecule has 1 N–H and O–H groups in total. The van der Waals surface area contributed by atoms with E-state index >= 15 is 0 Å². The number of carbonyl (C=O) groups is 1. The molecule has 2 heterocycles. The lowest BCUT2D eigenvalue weighted by molar-refractivity contribution is -0.125. The molecular weight excluding hydrogens is 456 g/mol. The Bertz CT molecular complexity index is 1130. The molecule has 0 bridgehead atoms. The number of nitrogens with zero attached hydrogens (tertiary/aromatic N) is 3. The van der Waals surface area contributed by atoms with Crippen LogP contribution in [0, 0.1) is 0 Å². The number of benzene rings is 2. The van der Waals surface area contributed by atoms with Gasteiger partial charge in [0.25, 0.3) is 5.91 Å². The van der Waals surface area contributed by atoms with Crippen molar-refractivity contribution in [1.82, 2.24) is 9.21 Å². The lowest BCUT2D eigenvalue weighted by atomic mass is 10.2. The first-order valence-electron chi connectivity index (χ1n) is 11.6. The minimum atomic E-state index is -3.68. The highest BCUT2D eigenvalue weighted by Crippen LogP contribution is 2.33. The van der Waals surface area contributed by atoms with E-state index in [4.69, 9.17) is 9.47 Å². The van der Waals surface area contributed by atoms with Gasteiger partial charge in [0.05, 0.1) is 16.3 Å². The van der Waals surface area contributed by atoms with Crippen LogP contribution in [-0.4, -0.2) is 82.6 Å². The van der Waals surface area contributed by atoms with Crippen molar-refractivity contribution in [2.45, 2.75) is 24.8 Å². The van der Waals surface area contributed by atoms with Crippen LogP contribution < -0.4 is 19.7 Å². The minimum absolute atomic E-state index is 0.0735. The lowest BCUT2D eigenvalue weighted by Gasteiger charge is -2.35. The van der Waals surface area contributed by atoms with Gasteiger partial charge in [-0.05, 0) is 37.4 Å². The average molecular weight is 489 g/mol. The van der Waals surface area contributed by atoms with Gasteiger partial charge in [-0.1, -0.05) is 26.0 Å². The molecule has 10 heteroatoms. The number of hydrogen-bond donors (Lipinski definition) is 1. The maximum atomic E-state index is 13.2. The molecule has 0 aliphatic carbocycles. The molecule has 4 rings (SSSR count). The number of piperazine rings is 1. The van der Waals surface area contributed by atoms with Crippen LogP contribution in [0.5, 0.6) is 11.5 Å². The number of rotatable bonds is 7. The molecule has 2 aromatic rings. The standard InChI is InChI=1S/C24H32N4O5S/c1-4-28(5-2)34(30,31)18-10-11-20(27-14-12-26(3)13-15-27)19(16-18)25-24(29)23-17-32-21-8-6-7-9-22(21)33-23/h6-11,16,23H,4-5,12-15,17H2,1-3H3,(H,25,29)/t23-/m0/s1. The number of carbonyl (C=O) groups excluding carboxylic acids is 1. The van der Waals surface area contributed by atoms with Crippen molar-refractivity contribution in [2.24, 2.45) is 0 Å². The molecule has 184 valence electrons. The van der Waals surface area contributed by atoms with Crippen LogP contribution in [0.4, 0.5) is 11.4 Å². The fourth-order valence-electron chi connectivity index (χ4n) is 4.17. The Hall–Kier alpha value is -2.82. The number of para-hydroxylation sites is 2. The summed E-state index contributed by atoms with van der Waals surface area (Å²) in [6.45, 7) is 7.73. The Morgan fingerprint density at radius 2 is 1.74 bits per heavy atom. The van der Waals surface area contributed by atoms with Gasteiger partial charge in [0.2, 0.25) is 16.1 Å². The van der Waals surface area contributed by atoms with Gasteiger partial charge in [-0.15, -0.1) is 0 Å². The summed E-state index contributed by atoms with van der Waals surface area (Å²) in [7, 11) is -1.61. The van der Waals surface area contributed by atoms with E-state index in [9.17, 15) is 13.2 Å². The third-order valence-electron chi connectivity index (χ3n) is 6.21. The van der Waals surface area contributed by atoms with Gasteiger partial charge in [0, 0.05) is 39.3 Å². The van der Waals surface area contributed by atoms with E-state index < -0.39 is 16.1 Å². The summed E-state index contributed by atoms with van der Waals surface area (Å²) >= 11 is 0. The van der Waals surface area contributed by atoms with Gasteiger partial charge in [0.1, 0.15) is 6.61 Å². The van der Waals surface area contributed by atoms with E-state index in [-0.39, 0.29) is 17.4 Å². The Labute approximate surface area is 201 Å². The molecule has 2 aromatic carbocycles. The number of ether oxygens (including phenoxy) is 2. The number of anilines is 2. The summed E-state index contributed by atoms with van der Waals surface area (Å²) in [6.07, 6.45) is -0.849. The third kappa shape index (κ3) is 4.98. The predicted molar refractivity (Wildman–Crippen MR) is 131 cm³/mol. The highest BCUT2D eigenvalue weighted by atomic mass is 32.2. The van der Waals surface area contributed by atoms with Gasteiger partial charge in [-0.25, -0.2) is 8.42 Å². The van der Waals surface area contributed by atoms with Crippen molar-refractivity contribution in [2.75, 3.05) is 63.1 Å². The third-order valence-corrected chi connectivity index (χ3v) is 8.26. The van der Waals surface area contributed by atoms with Crippen LogP contribution in [0.2, 0.25) is 0 Å². The van der Waals surface area contributed by atoms with Crippen molar-refractivity contribution >= 4 is 27.3 Å².